The molecule has 9 heteroatoms. The number of halogens is 1. The van der Waals surface area contributed by atoms with E-state index in [1.807, 2.05) is 34.9 Å². The largest absolute Gasteiger partial charge is 0.454 e. The SMILES string of the molecule is O=c1[nH]cnc2c1nc(Sc1cc3c(cc1Br)OCO3)n2CCc1ccccc1. The number of aromatic nitrogens is 4. The summed E-state index contributed by atoms with van der Waals surface area (Å²) >= 11 is 5.04. The first-order valence-corrected chi connectivity index (χ1v) is 10.5. The van der Waals surface area contributed by atoms with Gasteiger partial charge in [-0.3, -0.25) is 4.79 Å². The Morgan fingerprint density at radius 3 is 2.79 bits per heavy atom. The van der Waals surface area contributed by atoms with Gasteiger partial charge in [-0.25, -0.2) is 9.97 Å². The number of nitrogens with one attached hydrogen (secondary N) is 1. The van der Waals surface area contributed by atoms with Gasteiger partial charge in [0.05, 0.1) is 6.33 Å². The Bertz CT molecular complexity index is 1260. The quantitative estimate of drug-likeness (QED) is 0.474. The summed E-state index contributed by atoms with van der Waals surface area (Å²) < 4.78 is 13.8. The molecule has 0 radical (unpaired) electrons. The number of H-pyrrole nitrogens is 1. The predicted molar refractivity (Wildman–Crippen MR) is 113 cm³/mol. The zero-order chi connectivity index (χ0) is 19.8. The van der Waals surface area contributed by atoms with E-state index in [4.69, 9.17) is 9.47 Å². The van der Waals surface area contributed by atoms with E-state index in [9.17, 15) is 4.79 Å². The maximum Gasteiger partial charge on any atom is 0.278 e. The van der Waals surface area contributed by atoms with Gasteiger partial charge in [-0.15, -0.1) is 0 Å². The molecule has 1 aliphatic rings. The fourth-order valence-corrected chi connectivity index (χ4v) is 4.68. The van der Waals surface area contributed by atoms with Crippen LogP contribution in [0.5, 0.6) is 11.5 Å². The van der Waals surface area contributed by atoms with E-state index in [0.29, 0.717) is 34.4 Å². The Labute approximate surface area is 178 Å². The summed E-state index contributed by atoms with van der Waals surface area (Å²) in [5.41, 5.74) is 1.86. The number of aromatic amines is 1. The lowest BCUT2D eigenvalue weighted by Gasteiger charge is -2.10. The second kappa shape index (κ2) is 7.57. The predicted octanol–water partition coefficient (Wildman–Crippen LogP) is 4.00. The number of ether oxygens (including phenoxy) is 2. The molecule has 29 heavy (non-hydrogen) atoms. The maximum absolute atomic E-state index is 12.3. The van der Waals surface area contributed by atoms with Gasteiger partial charge in [-0.1, -0.05) is 42.1 Å². The number of hydrogen-bond acceptors (Lipinski definition) is 6. The molecule has 146 valence electrons. The Kier molecular flexibility index (Phi) is 4.76. The number of nitrogens with zero attached hydrogens (tertiary/aromatic N) is 3. The van der Waals surface area contributed by atoms with Gasteiger partial charge >= 0.3 is 0 Å². The van der Waals surface area contributed by atoms with E-state index in [1.165, 1.54) is 23.7 Å². The molecule has 0 saturated carbocycles. The first kappa shape index (κ1) is 18.3. The molecule has 2 aromatic carbocycles. The second-order valence-corrected chi connectivity index (χ2v) is 8.29. The van der Waals surface area contributed by atoms with Crippen LogP contribution in [-0.4, -0.2) is 26.3 Å². The van der Waals surface area contributed by atoms with Crippen molar-refractivity contribution in [1.82, 2.24) is 19.5 Å². The highest BCUT2D eigenvalue weighted by Crippen LogP contribution is 2.42. The van der Waals surface area contributed by atoms with Crippen LogP contribution in [0.1, 0.15) is 5.56 Å². The molecule has 5 rings (SSSR count). The van der Waals surface area contributed by atoms with Crippen molar-refractivity contribution in [2.75, 3.05) is 6.79 Å². The average molecular weight is 471 g/mol. The summed E-state index contributed by atoms with van der Waals surface area (Å²) in [6.45, 7) is 0.867. The molecule has 1 N–H and O–H groups in total. The van der Waals surface area contributed by atoms with E-state index in [0.717, 1.165) is 15.8 Å². The van der Waals surface area contributed by atoms with Crippen molar-refractivity contribution in [3.63, 3.8) is 0 Å². The van der Waals surface area contributed by atoms with Crippen LogP contribution in [-0.2, 0) is 13.0 Å². The lowest BCUT2D eigenvalue weighted by molar-refractivity contribution is 0.174. The van der Waals surface area contributed by atoms with E-state index in [1.54, 1.807) is 0 Å². The number of hydrogen-bond donors (Lipinski definition) is 1. The van der Waals surface area contributed by atoms with E-state index in [-0.39, 0.29) is 12.4 Å². The molecule has 3 heterocycles. The van der Waals surface area contributed by atoms with Crippen molar-refractivity contribution in [2.45, 2.75) is 23.0 Å². The number of benzene rings is 2. The maximum atomic E-state index is 12.3. The first-order valence-electron chi connectivity index (χ1n) is 8.94. The van der Waals surface area contributed by atoms with Gasteiger partial charge < -0.3 is 19.0 Å². The number of rotatable bonds is 5. The highest BCUT2D eigenvalue weighted by Gasteiger charge is 2.20. The lowest BCUT2D eigenvalue weighted by atomic mass is 10.1. The van der Waals surface area contributed by atoms with Crippen LogP contribution >= 0.6 is 27.7 Å². The minimum Gasteiger partial charge on any atom is -0.454 e. The lowest BCUT2D eigenvalue weighted by Crippen LogP contribution is -2.08. The Morgan fingerprint density at radius 1 is 1.17 bits per heavy atom. The third-order valence-corrected chi connectivity index (χ3v) is 6.57. The number of imidazole rings is 1. The van der Waals surface area contributed by atoms with Gasteiger partial charge in [-0.05, 0) is 40.0 Å². The van der Waals surface area contributed by atoms with Crippen LogP contribution in [0.2, 0.25) is 0 Å². The van der Waals surface area contributed by atoms with Gasteiger partial charge in [0.1, 0.15) is 0 Å². The molecule has 0 bridgehead atoms. The summed E-state index contributed by atoms with van der Waals surface area (Å²) in [6.07, 6.45) is 2.22. The van der Waals surface area contributed by atoms with Gasteiger partial charge in [-0.2, -0.15) is 0 Å². The molecule has 0 saturated heterocycles. The van der Waals surface area contributed by atoms with E-state index < -0.39 is 0 Å². The molecule has 7 nitrogen and oxygen atoms in total. The standard InChI is InChI=1S/C20H15BrN4O3S/c21-13-8-14-15(28-11-27-14)9-16(13)29-20-24-17-18(22-10-23-19(17)26)25(20)7-6-12-4-2-1-3-5-12/h1-5,8-10H,6-7,11H2,(H,22,23,26). The highest BCUT2D eigenvalue weighted by molar-refractivity contribution is 9.10. The minimum atomic E-state index is -0.250. The van der Waals surface area contributed by atoms with Crippen molar-refractivity contribution in [3.8, 4) is 11.5 Å². The number of aryl methyl sites for hydroxylation is 2. The van der Waals surface area contributed by atoms with Gasteiger partial charge in [0, 0.05) is 15.9 Å². The second-order valence-electron chi connectivity index (χ2n) is 6.42. The zero-order valence-electron chi connectivity index (χ0n) is 15.1. The average Bonchev–Trinajstić information content (AvgIpc) is 3.32. The number of fused-ring (bicyclic) bond motifs is 2. The first-order chi connectivity index (χ1) is 14.2. The Balaban J connectivity index is 1.54. The molecule has 4 aromatic rings. The third-order valence-electron chi connectivity index (χ3n) is 4.60. The fraction of sp³-hybridized carbons (Fsp3) is 0.150. The van der Waals surface area contributed by atoms with Crippen molar-refractivity contribution >= 4 is 38.9 Å². The molecule has 0 fully saturated rings. The molecule has 0 unspecified atom stereocenters. The van der Waals surface area contributed by atoms with Crippen molar-refractivity contribution < 1.29 is 9.47 Å². The summed E-state index contributed by atoms with van der Waals surface area (Å²) in [7, 11) is 0. The van der Waals surface area contributed by atoms with Crippen LogP contribution < -0.4 is 15.0 Å². The van der Waals surface area contributed by atoms with Gasteiger partial charge in [0.2, 0.25) is 6.79 Å². The van der Waals surface area contributed by atoms with Crippen LogP contribution in [0.3, 0.4) is 0 Å². The fourth-order valence-electron chi connectivity index (χ4n) is 3.17. The molecular formula is C20H15BrN4O3S. The van der Waals surface area contributed by atoms with Gasteiger partial charge in [0.25, 0.3) is 5.56 Å². The molecule has 0 aliphatic carbocycles. The smallest absolute Gasteiger partial charge is 0.278 e. The summed E-state index contributed by atoms with van der Waals surface area (Å²) in [5.74, 6) is 1.40. The third kappa shape index (κ3) is 3.51. The molecule has 1 aliphatic heterocycles. The summed E-state index contributed by atoms with van der Waals surface area (Å²) in [6, 6.07) is 14.0. The minimum absolute atomic E-state index is 0.213. The molecule has 0 amide bonds. The molecular weight excluding hydrogens is 456 g/mol. The normalized spacial score (nSPS) is 12.6. The van der Waals surface area contributed by atoms with Gasteiger partial charge in [0.15, 0.2) is 27.8 Å². The van der Waals surface area contributed by atoms with Crippen LogP contribution in [0.25, 0.3) is 11.2 Å². The van der Waals surface area contributed by atoms with E-state index in [2.05, 4.69) is 43.0 Å². The van der Waals surface area contributed by atoms with Crippen LogP contribution in [0, 0.1) is 0 Å². The summed E-state index contributed by atoms with van der Waals surface area (Å²) in [5, 5.41) is 0.694. The van der Waals surface area contributed by atoms with Crippen LogP contribution in [0.4, 0.5) is 0 Å². The van der Waals surface area contributed by atoms with E-state index >= 15 is 0 Å². The molecule has 0 spiro atoms. The monoisotopic (exact) mass is 470 g/mol. The van der Waals surface area contributed by atoms with Crippen LogP contribution in [0.15, 0.2) is 68.1 Å². The topological polar surface area (TPSA) is 82.0 Å². The molecule has 2 aromatic heterocycles. The highest BCUT2D eigenvalue weighted by atomic mass is 79.9. The summed E-state index contributed by atoms with van der Waals surface area (Å²) in [4.78, 5) is 24.7. The Morgan fingerprint density at radius 2 is 1.97 bits per heavy atom. The van der Waals surface area contributed by atoms with Crippen molar-refractivity contribution in [1.29, 1.82) is 0 Å². The van der Waals surface area contributed by atoms with Crippen molar-refractivity contribution in [3.05, 3.63) is 69.2 Å². The van der Waals surface area contributed by atoms with Crippen molar-refractivity contribution in [2.24, 2.45) is 0 Å². The zero-order valence-corrected chi connectivity index (χ0v) is 17.5. The Hall–Kier alpha value is -2.78. The molecule has 0 atom stereocenters.